The number of piperidine rings is 1. The Morgan fingerprint density at radius 2 is 1.88 bits per heavy atom. The molecule has 8 heteroatoms. The lowest BCUT2D eigenvalue weighted by Gasteiger charge is -2.40. The lowest BCUT2D eigenvalue weighted by molar-refractivity contribution is 0.137. The van der Waals surface area contributed by atoms with Gasteiger partial charge >= 0.3 is 10.2 Å². The number of hydrogen-bond donors (Lipinski definition) is 3. The number of aliphatic hydroxyl groups excluding tert-OH is 1. The Bertz CT molecular complexity index is 953. The van der Waals surface area contributed by atoms with E-state index in [1.54, 1.807) is 16.7 Å². The molecular formula is C24H34N4O3S. The van der Waals surface area contributed by atoms with Gasteiger partial charge in [-0.1, -0.05) is 37.5 Å². The summed E-state index contributed by atoms with van der Waals surface area (Å²) in [4.78, 5) is 4.02. The fraction of sp³-hybridized carbons (Fsp3) is 0.542. The van der Waals surface area contributed by atoms with E-state index in [-0.39, 0.29) is 0 Å². The average molecular weight is 459 g/mol. The summed E-state index contributed by atoms with van der Waals surface area (Å²) >= 11 is 0. The minimum Gasteiger partial charge on any atom is -0.387 e. The van der Waals surface area contributed by atoms with Gasteiger partial charge in [0.15, 0.2) is 0 Å². The first kappa shape index (κ1) is 23.2. The van der Waals surface area contributed by atoms with E-state index in [1.165, 1.54) is 19.3 Å². The summed E-state index contributed by atoms with van der Waals surface area (Å²) in [5.41, 5.74) is 2.50. The van der Waals surface area contributed by atoms with E-state index >= 15 is 0 Å². The van der Waals surface area contributed by atoms with Crippen LogP contribution in [0, 0.1) is 11.8 Å². The van der Waals surface area contributed by atoms with Crippen LogP contribution in [-0.2, 0) is 16.6 Å². The van der Waals surface area contributed by atoms with Crippen LogP contribution in [0.25, 0.3) is 0 Å². The molecule has 7 nitrogen and oxygen atoms in total. The molecule has 32 heavy (non-hydrogen) atoms. The quantitative estimate of drug-likeness (QED) is 0.502. The van der Waals surface area contributed by atoms with Gasteiger partial charge < -0.3 is 10.4 Å². The summed E-state index contributed by atoms with van der Waals surface area (Å²) in [6.45, 7) is 2.44. The number of aromatic nitrogens is 1. The Labute approximate surface area is 191 Å². The number of fused-ring (bicyclic) bond motifs is 1. The maximum absolute atomic E-state index is 12.9. The van der Waals surface area contributed by atoms with Gasteiger partial charge in [0.2, 0.25) is 0 Å². The van der Waals surface area contributed by atoms with Gasteiger partial charge in [-0.05, 0) is 61.4 Å². The molecule has 1 aliphatic heterocycles. The predicted octanol–water partition coefficient (Wildman–Crippen LogP) is 3.12. The molecule has 174 valence electrons. The number of pyridine rings is 1. The fourth-order valence-corrected chi connectivity index (χ4v) is 6.20. The van der Waals surface area contributed by atoms with E-state index in [0.29, 0.717) is 37.2 Å². The molecule has 1 saturated carbocycles. The summed E-state index contributed by atoms with van der Waals surface area (Å²) in [5, 5.41) is 13.4. The number of nitrogens with one attached hydrogen (secondary N) is 2. The number of aliphatic hydroxyl groups is 1. The van der Waals surface area contributed by atoms with Crippen LogP contribution in [0.2, 0.25) is 0 Å². The first-order valence-electron chi connectivity index (χ1n) is 11.7. The molecular weight excluding hydrogens is 424 g/mol. The normalized spacial score (nSPS) is 22.8. The monoisotopic (exact) mass is 458 g/mol. The summed E-state index contributed by atoms with van der Waals surface area (Å²) in [6, 6.07) is 11.2. The van der Waals surface area contributed by atoms with Crippen molar-refractivity contribution in [2.24, 2.45) is 11.8 Å². The van der Waals surface area contributed by atoms with Crippen molar-refractivity contribution in [3.63, 3.8) is 0 Å². The number of anilines is 1. The average Bonchev–Trinajstić information content (AvgIpc) is 2.82. The zero-order valence-electron chi connectivity index (χ0n) is 18.5. The van der Waals surface area contributed by atoms with Crippen LogP contribution in [0.5, 0.6) is 0 Å². The Morgan fingerprint density at radius 3 is 2.62 bits per heavy atom. The van der Waals surface area contributed by atoms with Gasteiger partial charge in [0.1, 0.15) is 0 Å². The Hall–Kier alpha value is -2.00. The van der Waals surface area contributed by atoms with Crippen molar-refractivity contribution in [3.8, 4) is 0 Å². The van der Waals surface area contributed by atoms with Gasteiger partial charge in [0.05, 0.1) is 6.10 Å². The van der Waals surface area contributed by atoms with Crippen molar-refractivity contribution < 1.29 is 13.5 Å². The second-order valence-corrected chi connectivity index (χ2v) is 10.7. The van der Waals surface area contributed by atoms with Crippen molar-refractivity contribution >= 4 is 15.9 Å². The van der Waals surface area contributed by atoms with Gasteiger partial charge in [-0.15, -0.1) is 0 Å². The molecule has 1 saturated heterocycles. The van der Waals surface area contributed by atoms with Gasteiger partial charge in [-0.3, -0.25) is 9.71 Å². The summed E-state index contributed by atoms with van der Waals surface area (Å²) in [7, 11) is -3.52. The van der Waals surface area contributed by atoms with Crippen LogP contribution in [0.15, 0.2) is 48.8 Å². The third-order valence-corrected chi connectivity index (χ3v) is 8.30. The van der Waals surface area contributed by atoms with Gasteiger partial charge in [0.25, 0.3) is 0 Å². The minimum atomic E-state index is -3.52. The van der Waals surface area contributed by atoms with Crippen molar-refractivity contribution in [2.45, 2.75) is 44.6 Å². The fourth-order valence-electron chi connectivity index (χ4n) is 4.90. The number of nitrogens with zero attached hydrogens (tertiary/aromatic N) is 2. The molecule has 2 heterocycles. The highest BCUT2D eigenvalue weighted by molar-refractivity contribution is 7.90. The van der Waals surface area contributed by atoms with Crippen LogP contribution in [-0.4, -0.2) is 49.0 Å². The Kier molecular flexibility index (Phi) is 7.78. The number of benzene rings is 1. The second kappa shape index (κ2) is 10.7. The molecule has 2 aliphatic rings. The van der Waals surface area contributed by atoms with Crippen LogP contribution < -0.4 is 10.0 Å². The van der Waals surface area contributed by atoms with Gasteiger partial charge in [0, 0.05) is 43.3 Å². The third kappa shape index (κ3) is 6.07. The first-order chi connectivity index (χ1) is 15.5. The summed E-state index contributed by atoms with van der Waals surface area (Å²) in [5.74, 6) is 1.22. The molecule has 3 N–H and O–H groups in total. The van der Waals surface area contributed by atoms with Gasteiger partial charge in [-0.25, -0.2) is 0 Å². The molecule has 0 amide bonds. The number of rotatable bonds is 9. The summed E-state index contributed by atoms with van der Waals surface area (Å²) in [6.07, 6.45) is 9.47. The molecule has 0 spiro atoms. The maximum Gasteiger partial charge on any atom is 0.301 e. The first-order valence-corrected chi connectivity index (χ1v) is 13.1. The lowest BCUT2D eigenvalue weighted by Crippen LogP contribution is -2.46. The van der Waals surface area contributed by atoms with Crippen molar-refractivity contribution in [2.75, 3.05) is 30.9 Å². The summed E-state index contributed by atoms with van der Waals surface area (Å²) < 4.78 is 30.2. The molecule has 0 bridgehead atoms. The van der Waals surface area contributed by atoms with Crippen LogP contribution in [0.3, 0.4) is 0 Å². The Morgan fingerprint density at radius 1 is 1.09 bits per heavy atom. The van der Waals surface area contributed by atoms with Crippen LogP contribution in [0.1, 0.15) is 49.3 Å². The highest BCUT2D eigenvalue weighted by Gasteiger charge is 2.35. The Balaban J connectivity index is 1.22. The predicted molar refractivity (Wildman–Crippen MR) is 126 cm³/mol. The van der Waals surface area contributed by atoms with E-state index < -0.39 is 16.3 Å². The zero-order valence-corrected chi connectivity index (χ0v) is 19.3. The second-order valence-electron chi connectivity index (χ2n) is 9.01. The van der Waals surface area contributed by atoms with E-state index in [4.69, 9.17) is 0 Å². The topological polar surface area (TPSA) is 94.6 Å². The smallest absolute Gasteiger partial charge is 0.301 e. The SMILES string of the molecule is O=S(=O)(Nc1ccc(CCNC[C@@H](O)c2cccnc2)cc1)N1CC[C@@H]2CCCC[C@@H]2C1. The van der Waals surface area contributed by atoms with Crippen LogP contribution in [0.4, 0.5) is 5.69 Å². The lowest BCUT2D eigenvalue weighted by atomic mass is 9.76. The molecule has 1 aliphatic carbocycles. The number of hydrogen-bond acceptors (Lipinski definition) is 5. The molecule has 1 aromatic carbocycles. The highest BCUT2D eigenvalue weighted by Crippen LogP contribution is 2.36. The molecule has 3 atom stereocenters. The van der Waals surface area contributed by atoms with Crippen molar-refractivity contribution in [1.29, 1.82) is 0 Å². The molecule has 4 rings (SSSR count). The molecule has 2 aromatic rings. The van der Waals surface area contributed by atoms with Crippen LogP contribution >= 0.6 is 0 Å². The van der Waals surface area contributed by atoms with E-state index in [0.717, 1.165) is 36.9 Å². The molecule has 1 aromatic heterocycles. The molecule has 0 radical (unpaired) electrons. The minimum absolute atomic E-state index is 0.460. The zero-order chi connectivity index (χ0) is 22.4. The maximum atomic E-state index is 12.9. The third-order valence-electron chi connectivity index (χ3n) is 6.79. The molecule has 0 unspecified atom stereocenters. The van der Waals surface area contributed by atoms with Crippen molar-refractivity contribution in [1.82, 2.24) is 14.6 Å². The van der Waals surface area contributed by atoms with Crippen molar-refractivity contribution in [3.05, 3.63) is 59.9 Å². The highest BCUT2D eigenvalue weighted by atomic mass is 32.2. The molecule has 2 fully saturated rings. The van der Waals surface area contributed by atoms with E-state index in [2.05, 4.69) is 15.0 Å². The largest absolute Gasteiger partial charge is 0.387 e. The standard InChI is InChI=1S/C24H34N4O3S/c29-24(21-6-3-13-25-16-21)17-26-14-11-19-7-9-23(10-8-19)27-32(30,31)28-15-12-20-4-1-2-5-22(20)18-28/h3,6-10,13,16,20,22,24,26-27,29H,1-2,4-5,11-12,14-15,17-18H2/t20-,22+,24+/m0/s1. The van der Waals surface area contributed by atoms with E-state index in [1.807, 2.05) is 36.4 Å². The van der Waals surface area contributed by atoms with Gasteiger partial charge in [-0.2, -0.15) is 12.7 Å². The van der Waals surface area contributed by atoms with E-state index in [9.17, 15) is 13.5 Å².